The third-order valence-corrected chi connectivity index (χ3v) is 6.04. The second-order valence-corrected chi connectivity index (χ2v) is 8.22. The minimum Gasteiger partial charge on any atom is -0.508 e. The number of hydrogen-bond donors (Lipinski definition) is 3. The predicted octanol–water partition coefficient (Wildman–Crippen LogP) is 4.20. The molecule has 7 heteroatoms. The molecule has 0 spiro atoms. The molecule has 3 N–H and O–H groups in total. The number of carbonyl (C=O) groups excluding carboxylic acids is 1. The number of halogens is 1. The molecule has 0 saturated heterocycles. The summed E-state index contributed by atoms with van der Waals surface area (Å²) in [5.74, 6) is 0.0145. The molecule has 0 amide bonds. The van der Waals surface area contributed by atoms with Gasteiger partial charge in [0.25, 0.3) is 5.56 Å². The van der Waals surface area contributed by atoms with Crippen molar-refractivity contribution in [2.24, 2.45) is 0 Å². The third kappa shape index (κ3) is 2.84. The fourth-order valence-corrected chi connectivity index (χ4v) is 4.64. The van der Waals surface area contributed by atoms with Crippen LogP contribution in [0.2, 0.25) is 0 Å². The van der Waals surface area contributed by atoms with Crippen LogP contribution in [0.3, 0.4) is 0 Å². The van der Waals surface area contributed by atoms with Crippen LogP contribution < -0.4 is 10.9 Å². The van der Waals surface area contributed by atoms with Crippen molar-refractivity contribution < 1.29 is 9.90 Å². The van der Waals surface area contributed by atoms with Crippen molar-refractivity contribution in [2.45, 2.75) is 25.2 Å². The van der Waals surface area contributed by atoms with Gasteiger partial charge in [0.2, 0.25) is 0 Å². The van der Waals surface area contributed by atoms with E-state index in [1.807, 2.05) is 30.3 Å². The number of benzene rings is 2. The number of aromatic hydroxyl groups is 1. The molecule has 0 bridgehead atoms. The number of ketones is 1. The normalized spacial score (nSPS) is 18.2. The van der Waals surface area contributed by atoms with Crippen LogP contribution in [0.25, 0.3) is 5.69 Å². The van der Waals surface area contributed by atoms with E-state index >= 15 is 0 Å². The Bertz CT molecular complexity index is 1220. The fourth-order valence-electron chi connectivity index (χ4n) is 4.26. The predicted molar refractivity (Wildman–Crippen MR) is 114 cm³/mol. The van der Waals surface area contributed by atoms with Gasteiger partial charge in [-0.1, -0.05) is 34.1 Å². The van der Waals surface area contributed by atoms with E-state index in [4.69, 9.17) is 0 Å². The zero-order chi connectivity index (χ0) is 20.1. The first-order valence-corrected chi connectivity index (χ1v) is 10.3. The number of aromatic nitrogens is 2. The Morgan fingerprint density at radius 1 is 1.07 bits per heavy atom. The number of nitrogens with zero attached hydrogens (tertiary/aromatic N) is 1. The minimum absolute atomic E-state index is 0.0145. The SMILES string of the molecule is O=C1CCCC2=C1[C@@H](c1cc(Br)ccc1O)c1c([nH]n(-c3ccccc3)c1=O)N2. The number of H-pyrrole nitrogens is 1. The van der Waals surface area contributed by atoms with Crippen molar-refractivity contribution in [1.29, 1.82) is 0 Å². The molecule has 146 valence electrons. The Morgan fingerprint density at radius 3 is 2.66 bits per heavy atom. The lowest BCUT2D eigenvalue weighted by molar-refractivity contribution is -0.116. The van der Waals surface area contributed by atoms with Crippen molar-refractivity contribution in [3.8, 4) is 11.4 Å². The molecule has 0 fully saturated rings. The number of carbonyl (C=O) groups is 1. The first-order valence-electron chi connectivity index (χ1n) is 9.46. The molecule has 2 heterocycles. The Labute approximate surface area is 175 Å². The van der Waals surface area contributed by atoms with Gasteiger partial charge in [-0.25, -0.2) is 4.68 Å². The summed E-state index contributed by atoms with van der Waals surface area (Å²) >= 11 is 3.45. The largest absolute Gasteiger partial charge is 0.508 e. The summed E-state index contributed by atoms with van der Waals surface area (Å²) in [5.41, 5.74) is 2.84. The number of hydrogen-bond acceptors (Lipinski definition) is 4. The van der Waals surface area contributed by atoms with Gasteiger partial charge in [0.05, 0.1) is 17.2 Å². The van der Waals surface area contributed by atoms with Gasteiger partial charge < -0.3 is 10.4 Å². The van der Waals surface area contributed by atoms with Gasteiger partial charge in [0.1, 0.15) is 11.6 Å². The van der Waals surface area contributed by atoms with Crippen molar-refractivity contribution in [3.05, 3.63) is 85.8 Å². The maximum atomic E-state index is 13.4. The molecule has 0 saturated carbocycles. The van der Waals surface area contributed by atoms with E-state index in [-0.39, 0.29) is 17.1 Å². The molecule has 1 atom stereocenters. The summed E-state index contributed by atoms with van der Waals surface area (Å²) in [6, 6.07) is 14.4. The van der Waals surface area contributed by atoms with Crippen LogP contribution in [-0.2, 0) is 4.79 Å². The van der Waals surface area contributed by atoms with Crippen LogP contribution in [0.1, 0.15) is 36.3 Å². The molecule has 3 aromatic rings. The summed E-state index contributed by atoms with van der Waals surface area (Å²) in [6.07, 6.45) is 1.93. The summed E-state index contributed by atoms with van der Waals surface area (Å²) in [6.45, 7) is 0. The molecule has 29 heavy (non-hydrogen) atoms. The molecule has 1 aromatic heterocycles. The Morgan fingerprint density at radius 2 is 1.86 bits per heavy atom. The zero-order valence-electron chi connectivity index (χ0n) is 15.4. The van der Waals surface area contributed by atoms with Crippen molar-refractivity contribution >= 4 is 27.5 Å². The number of phenolic OH excluding ortho intramolecular Hbond substituents is 1. The second-order valence-electron chi connectivity index (χ2n) is 7.31. The lowest BCUT2D eigenvalue weighted by Gasteiger charge is -2.31. The second kappa shape index (κ2) is 6.77. The molecule has 5 rings (SSSR count). The van der Waals surface area contributed by atoms with Gasteiger partial charge in [-0.3, -0.25) is 14.7 Å². The van der Waals surface area contributed by atoms with E-state index in [1.54, 1.807) is 18.2 Å². The highest BCUT2D eigenvalue weighted by molar-refractivity contribution is 9.10. The molecular weight excluding hydrogens is 434 g/mol. The van der Waals surface area contributed by atoms with E-state index in [2.05, 4.69) is 26.3 Å². The first kappa shape index (κ1) is 18.0. The van der Waals surface area contributed by atoms with Gasteiger partial charge in [0.15, 0.2) is 5.78 Å². The van der Waals surface area contributed by atoms with E-state index in [1.165, 1.54) is 4.68 Å². The topological polar surface area (TPSA) is 87.1 Å². The molecule has 2 aliphatic rings. The van der Waals surface area contributed by atoms with Crippen LogP contribution in [-0.4, -0.2) is 20.7 Å². The highest BCUT2D eigenvalue weighted by atomic mass is 79.9. The molecule has 2 aromatic carbocycles. The maximum absolute atomic E-state index is 13.4. The highest BCUT2D eigenvalue weighted by Gasteiger charge is 2.39. The Hall–Kier alpha value is -3.06. The van der Waals surface area contributed by atoms with Crippen molar-refractivity contribution in [3.63, 3.8) is 0 Å². The number of phenols is 1. The van der Waals surface area contributed by atoms with Crippen molar-refractivity contribution in [1.82, 2.24) is 9.78 Å². The number of aromatic amines is 1. The quantitative estimate of drug-likeness (QED) is 0.544. The Balaban J connectivity index is 1.79. The molecular formula is C22H18BrN3O3. The van der Waals surface area contributed by atoms with Gasteiger partial charge in [-0.2, -0.15) is 0 Å². The molecule has 6 nitrogen and oxygen atoms in total. The summed E-state index contributed by atoms with van der Waals surface area (Å²) in [7, 11) is 0. The summed E-state index contributed by atoms with van der Waals surface area (Å²) in [5, 5.41) is 17.0. The minimum atomic E-state index is -0.625. The number of Topliss-reactive ketones (excluding diaryl/α,β-unsaturated/α-hetero) is 1. The standard InChI is InChI=1S/C22H18BrN3O3/c23-12-9-10-16(27)14(11-12)18-19-15(7-4-8-17(19)28)24-21-20(18)22(29)26(25-21)13-5-2-1-3-6-13/h1-3,5-6,9-11,18,24-25,27H,4,7-8H2/t18-/m1/s1. The average molecular weight is 452 g/mol. The van der Waals surface area contributed by atoms with Crippen molar-refractivity contribution in [2.75, 3.05) is 5.32 Å². The summed E-state index contributed by atoms with van der Waals surface area (Å²) < 4.78 is 2.25. The van der Waals surface area contributed by atoms with Crippen LogP contribution in [0.5, 0.6) is 5.75 Å². The fraction of sp³-hybridized carbons (Fsp3) is 0.182. The van der Waals surface area contributed by atoms with Crippen LogP contribution in [0, 0.1) is 0 Å². The molecule has 0 unspecified atom stereocenters. The van der Waals surface area contributed by atoms with E-state index in [0.29, 0.717) is 34.6 Å². The number of para-hydroxylation sites is 1. The highest BCUT2D eigenvalue weighted by Crippen LogP contribution is 2.46. The lowest BCUT2D eigenvalue weighted by Crippen LogP contribution is -2.30. The van der Waals surface area contributed by atoms with E-state index < -0.39 is 5.92 Å². The lowest BCUT2D eigenvalue weighted by atomic mass is 9.76. The average Bonchev–Trinajstić information content (AvgIpc) is 3.05. The smallest absolute Gasteiger partial charge is 0.277 e. The maximum Gasteiger partial charge on any atom is 0.277 e. The van der Waals surface area contributed by atoms with E-state index in [9.17, 15) is 14.7 Å². The van der Waals surface area contributed by atoms with E-state index in [0.717, 1.165) is 23.0 Å². The van der Waals surface area contributed by atoms with Crippen LogP contribution in [0.15, 0.2) is 69.1 Å². The first-order chi connectivity index (χ1) is 14.0. The number of allylic oxidation sites excluding steroid dienone is 2. The summed E-state index contributed by atoms with van der Waals surface area (Å²) in [4.78, 5) is 26.3. The molecule has 0 radical (unpaired) electrons. The number of nitrogens with one attached hydrogen (secondary N) is 2. The van der Waals surface area contributed by atoms with Gasteiger partial charge >= 0.3 is 0 Å². The van der Waals surface area contributed by atoms with Gasteiger partial charge in [-0.05, 0) is 43.2 Å². The monoisotopic (exact) mass is 451 g/mol. The number of fused-ring (bicyclic) bond motifs is 1. The van der Waals surface area contributed by atoms with Crippen LogP contribution in [0.4, 0.5) is 5.82 Å². The van der Waals surface area contributed by atoms with Gasteiger partial charge in [-0.15, -0.1) is 0 Å². The zero-order valence-corrected chi connectivity index (χ0v) is 17.0. The molecule has 1 aliphatic heterocycles. The molecule has 1 aliphatic carbocycles. The third-order valence-electron chi connectivity index (χ3n) is 5.55. The van der Waals surface area contributed by atoms with Crippen LogP contribution >= 0.6 is 15.9 Å². The number of rotatable bonds is 2. The van der Waals surface area contributed by atoms with Gasteiger partial charge in [0, 0.05) is 27.7 Å². The Kier molecular flexibility index (Phi) is 4.20. The number of anilines is 1.